The van der Waals surface area contributed by atoms with Crippen LogP contribution in [0.15, 0.2) is 71.4 Å². The Bertz CT molecular complexity index is 1450. The van der Waals surface area contributed by atoms with Gasteiger partial charge in [0.25, 0.3) is 6.01 Å². The number of oxazole rings is 1. The molecule has 1 saturated carbocycles. The van der Waals surface area contributed by atoms with Gasteiger partial charge in [0, 0.05) is 48.7 Å². The van der Waals surface area contributed by atoms with Gasteiger partial charge in [0.15, 0.2) is 5.76 Å². The lowest BCUT2D eigenvalue weighted by atomic mass is 9.89. The molecule has 2 fully saturated rings. The van der Waals surface area contributed by atoms with Crippen LogP contribution in [0.5, 0.6) is 5.75 Å². The maximum absolute atomic E-state index is 12.5. The number of nitrogens with one attached hydrogen (secondary N) is 2. The van der Waals surface area contributed by atoms with Gasteiger partial charge in [-0.1, -0.05) is 12.8 Å². The molecular formula is C31H35F3N6O2. The van der Waals surface area contributed by atoms with Gasteiger partial charge in [-0.3, -0.25) is 0 Å². The molecule has 0 amide bonds. The van der Waals surface area contributed by atoms with E-state index in [0.29, 0.717) is 23.4 Å². The van der Waals surface area contributed by atoms with E-state index in [4.69, 9.17) is 4.42 Å². The molecule has 2 aromatic heterocycles. The van der Waals surface area contributed by atoms with Gasteiger partial charge in [0.2, 0.25) is 0 Å². The molecule has 0 spiro atoms. The molecule has 2 aliphatic rings. The molecule has 6 rings (SSSR count). The highest BCUT2D eigenvalue weighted by Gasteiger charge is 2.32. The van der Waals surface area contributed by atoms with E-state index in [1.165, 1.54) is 36.4 Å². The molecule has 8 nitrogen and oxygen atoms in total. The summed E-state index contributed by atoms with van der Waals surface area (Å²) in [5.74, 6) is 0.204. The van der Waals surface area contributed by atoms with Crippen LogP contribution in [0.4, 0.5) is 24.9 Å². The summed E-state index contributed by atoms with van der Waals surface area (Å²) < 4.78 is 49.2. The molecule has 3 heterocycles. The van der Waals surface area contributed by atoms with Gasteiger partial charge in [0.1, 0.15) is 5.75 Å². The average molecular weight is 581 g/mol. The minimum absolute atomic E-state index is 0.167. The zero-order valence-electron chi connectivity index (χ0n) is 23.5. The van der Waals surface area contributed by atoms with Crippen LogP contribution >= 0.6 is 0 Å². The average Bonchev–Trinajstić information content (AvgIpc) is 3.63. The smallest absolute Gasteiger partial charge is 0.424 e. The Morgan fingerprint density at radius 2 is 1.64 bits per heavy atom. The van der Waals surface area contributed by atoms with Gasteiger partial charge in [-0.2, -0.15) is 5.10 Å². The molecular weight excluding hydrogens is 545 g/mol. The molecule has 0 bridgehead atoms. The number of nitrogens with zero attached hydrogens (tertiary/aromatic N) is 4. The van der Waals surface area contributed by atoms with Crippen molar-refractivity contribution in [1.29, 1.82) is 0 Å². The number of hydrogen-bond acceptors (Lipinski definition) is 7. The Morgan fingerprint density at radius 3 is 2.36 bits per heavy atom. The standard InChI is InChI=1S/C31H35F3N6O2/c1-21-16-18-40(38-21)25-12-10-24(11-13-25)39-17-4-5-23(20-39)36-27-6-2-3-7-28(27)37-30-35-19-29(41-30)22-8-14-26(15-9-22)42-31(32,33)34/h8-16,18-19,23,27-28,36H,2-7,17,20H2,1H3,(H,35,37). The van der Waals surface area contributed by atoms with Crippen molar-refractivity contribution in [2.75, 3.05) is 23.3 Å². The van der Waals surface area contributed by atoms with Crippen molar-refractivity contribution in [2.45, 2.75) is 69.9 Å². The molecule has 11 heteroatoms. The van der Waals surface area contributed by atoms with Crippen LogP contribution in [0.1, 0.15) is 44.2 Å². The van der Waals surface area contributed by atoms with Crippen molar-refractivity contribution in [2.24, 2.45) is 0 Å². The van der Waals surface area contributed by atoms with Crippen molar-refractivity contribution < 1.29 is 22.3 Å². The molecule has 4 aromatic rings. The molecule has 3 unspecified atom stereocenters. The summed E-state index contributed by atoms with van der Waals surface area (Å²) >= 11 is 0. The number of rotatable bonds is 8. The lowest BCUT2D eigenvalue weighted by molar-refractivity contribution is -0.274. The fourth-order valence-electron chi connectivity index (χ4n) is 5.98. The first-order chi connectivity index (χ1) is 20.3. The number of aryl methyl sites for hydroxylation is 1. The summed E-state index contributed by atoms with van der Waals surface area (Å²) in [4.78, 5) is 6.85. The highest BCUT2D eigenvalue weighted by Crippen LogP contribution is 2.30. The highest BCUT2D eigenvalue weighted by molar-refractivity contribution is 5.58. The van der Waals surface area contributed by atoms with Crippen molar-refractivity contribution in [1.82, 2.24) is 20.1 Å². The van der Waals surface area contributed by atoms with Crippen molar-refractivity contribution >= 4 is 11.7 Å². The third-order valence-corrected chi connectivity index (χ3v) is 8.03. The third-order valence-electron chi connectivity index (χ3n) is 8.03. The highest BCUT2D eigenvalue weighted by atomic mass is 19.4. The van der Waals surface area contributed by atoms with Gasteiger partial charge < -0.3 is 24.7 Å². The molecule has 2 N–H and O–H groups in total. The van der Waals surface area contributed by atoms with Crippen LogP contribution in [0.2, 0.25) is 0 Å². The maximum Gasteiger partial charge on any atom is 0.573 e. The largest absolute Gasteiger partial charge is 0.573 e. The Morgan fingerprint density at radius 1 is 0.905 bits per heavy atom. The molecule has 3 atom stereocenters. The SMILES string of the molecule is Cc1ccn(-c2ccc(N3CCCC(NC4CCCCC4Nc4ncc(-c5ccc(OC(F)(F)F)cc5)o4)C3)cc2)n1. The van der Waals surface area contributed by atoms with E-state index in [1.807, 2.05) is 23.9 Å². The first-order valence-electron chi connectivity index (χ1n) is 14.5. The first kappa shape index (κ1) is 28.1. The van der Waals surface area contributed by atoms with E-state index in [1.54, 1.807) is 6.20 Å². The fourth-order valence-corrected chi connectivity index (χ4v) is 5.98. The lowest BCUT2D eigenvalue weighted by Crippen LogP contribution is -2.54. The molecule has 222 valence electrons. The summed E-state index contributed by atoms with van der Waals surface area (Å²) in [6, 6.07) is 17.4. The second-order valence-corrected chi connectivity index (χ2v) is 11.1. The molecule has 0 radical (unpaired) electrons. The number of piperidine rings is 1. The number of anilines is 2. The van der Waals surface area contributed by atoms with Crippen LogP contribution < -0.4 is 20.3 Å². The minimum Gasteiger partial charge on any atom is -0.424 e. The molecule has 1 aliphatic heterocycles. The molecule has 42 heavy (non-hydrogen) atoms. The van der Waals surface area contributed by atoms with E-state index in [2.05, 4.69) is 54.6 Å². The number of ether oxygens (including phenoxy) is 1. The Balaban J connectivity index is 1.06. The van der Waals surface area contributed by atoms with E-state index in [-0.39, 0.29) is 17.8 Å². The second kappa shape index (κ2) is 12.1. The topological polar surface area (TPSA) is 80.4 Å². The predicted molar refractivity (Wildman–Crippen MR) is 155 cm³/mol. The van der Waals surface area contributed by atoms with Crippen LogP contribution in [0.25, 0.3) is 17.0 Å². The third kappa shape index (κ3) is 6.89. The van der Waals surface area contributed by atoms with Crippen molar-refractivity contribution in [3.63, 3.8) is 0 Å². The predicted octanol–water partition coefficient (Wildman–Crippen LogP) is 6.72. The van der Waals surface area contributed by atoms with Gasteiger partial charge in [-0.25, -0.2) is 9.67 Å². The number of halogens is 3. The zero-order valence-corrected chi connectivity index (χ0v) is 23.5. The second-order valence-electron chi connectivity index (χ2n) is 11.1. The summed E-state index contributed by atoms with van der Waals surface area (Å²) in [5, 5.41) is 11.9. The van der Waals surface area contributed by atoms with Crippen LogP contribution in [-0.4, -0.2) is 52.3 Å². The monoisotopic (exact) mass is 580 g/mol. The van der Waals surface area contributed by atoms with Crippen LogP contribution in [-0.2, 0) is 0 Å². The van der Waals surface area contributed by atoms with E-state index < -0.39 is 6.36 Å². The van der Waals surface area contributed by atoms with Crippen molar-refractivity contribution in [3.05, 3.63) is 72.7 Å². The number of aromatic nitrogens is 3. The fraction of sp³-hybridized carbons (Fsp3) is 0.419. The summed E-state index contributed by atoms with van der Waals surface area (Å²) in [5.41, 5.74) is 3.89. The van der Waals surface area contributed by atoms with E-state index in [9.17, 15) is 13.2 Å². The Kier molecular flexibility index (Phi) is 8.10. The number of benzene rings is 2. The zero-order chi connectivity index (χ0) is 29.1. The number of hydrogen-bond donors (Lipinski definition) is 2. The van der Waals surface area contributed by atoms with Gasteiger partial charge >= 0.3 is 6.36 Å². The molecule has 1 aliphatic carbocycles. The van der Waals surface area contributed by atoms with Crippen LogP contribution in [0.3, 0.4) is 0 Å². The van der Waals surface area contributed by atoms with Gasteiger partial charge in [-0.05, 0) is 87.2 Å². The van der Waals surface area contributed by atoms with E-state index >= 15 is 0 Å². The quantitative estimate of drug-likeness (QED) is 0.240. The molecule has 2 aromatic carbocycles. The number of alkyl halides is 3. The lowest BCUT2D eigenvalue weighted by Gasteiger charge is -2.40. The van der Waals surface area contributed by atoms with Gasteiger partial charge in [0.05, 0.1) is 17.6 Å². The van der Waals surface area contributed by atoms with Crippen LogP contribution in [0, 0.1) is 6.92 Å². The van der Waals surface area contributed by atoms with Gasteiger partial charge in [-0.15, -0.1) is 13.2 Å². The summed E-state index contributed by atoms with van der Waals surface area (Å²) in [6.07, 6.45) is 5.46. The maximum atomic E-state index is 12.5. The summed E-state index contributed by atoms with van der Waals surface area (Å²) in [7, 11) is 0. The molecule has 1 saturated heterocycles. The van der Waals surface area contributed by atoms with Crippen molar-refractivity contribution in [3.8, 4) is 22.8 Å². The first-order valence-corrected chi connectivity index (χ1v) is 14.5. The Hall–Kier alpha value is -3.99. The minimum atomic E-state index is -4.72. The normalized spacial score (nSPS) is 21.3. The Labute approximate surface area is 242 Å². The van der Waals surface area contributed by atoms with E-state index in [0.717, 1.165) is 56.6 Å². The summed E-state index contributed by atoms with van der Waals surface area (Å²) in [6.45, 7) is 3.97.